The number of imide groups is 1. The lowest BCUT2D eigenvalue weighted by Crippen LogP contribution is -2.41. The molecule has 12 nitrogen and oxygen atoms in total. The predicted octanol–water partition coefficient (Wildman–Crippen LogP) is 4.78. The molecule has 6 rings (SSSR count). The zero-order valence-electron chi connectivity index (χ0n) is 26.1. The zero-order valence-corrected chi connectivity index (χ0v) is 27.7. The van der Waals surface area contributed by atoms with Crippen LogP contribution < -0.4 is 10.5 Å². The minimum Gasteiger partial charge on any atom is -0.457 e. The molecule has 4 aromatic rings. The lowest BCUT2D eigenvalue weighted by atomic mass is 10.0. The van der Waals surface area contributed by atoms with Crippen LogP contribution in [0.5, 0.6) is 11.5 Å². The summed E-state index contributed by atoms with van der Waals surface area (Å²) >= 11 is 6.34. The number of amides is 4. The molecular formula is C34H36ClN5O7S. The van der Waals surface area contributed by atoms with Crippen LogP contribution in [0, 0.1) is 0 Å². The average molecular weight is 694 g/mol. The van der Waals surface area contributed by atoms with Gasteiger partial charge in [0, 0.05) is 43.2 Å². The van der Waals surface area contributed by atoms with Crippen LogP contribution in [0.2, 0.25) is 5.02 Å². The van der Waals surface area contributed by atoms with E-state index in [1.54, 1.807) is 23.2 Å². The molecule has 1 unspecified atom stereocenters. The summed E-state index contributed by atoms with van der Waals surface area (Å²) in [4.78, 5) is 46.1. The van der Waals surface area contributed by atoms with Crippen molar-refractivity contribution in [1.82, 2.24) is 19.1 Å². The third kappa shape index (κ3) is 6.76. The summed E-state index contributed by atoms with van der Waals surface area (Å²) in [6.45, 7) is 2.38. The van der Waals surface area contributed by atoms with Gasteiger partial charge < -0.3 is 25.1 Å². The van der Waals surface area contributed by atoms with Gasteiger partial charge in [-0.3, -0.25) is 14.5 Å². The molecule has 3 heterocycles. The highest BCUT2D eigenvalue weighted by molar-refractivity contribution is 7.89. The fourth-order valence-electron chi connectivity index (χ4n) is 5.97. The van der Waals surface area contributed by atoms with Gasteiger partial charge in [-0.1, -0.05) is 36.2 Å². The second-order valence-corrected chi connectivity index (χ2v) is 13.8. The number of unbranched alkanes of at least 4 members (excludes halogenated alkanes) is 2. The maximum Gasteiger partial charge on any atom is 0.341 e. The molecule has 2 saturated heterocycles. The van der Waals surface area contributed by atoms with Crippen molar-refractivity contribution in [3.63, 3.8) is 0 Å². The lowest BCUT2D eigenvalue weighted by Gasteiger charge is -2.27. The number of para-hydroxylation sites is 1. The van der Waals surface area contributed by atoms with Crippen LogP contribution in [-0.4, -0.2) is 90.8 Å². The monoisotopic (exact) mass is 693 g/mol. The maximum absolute atomic E-state index is 14.1. The van der Waals surface area contributed by atoms with Gasteiger partial charge in [0.2, 0.25) is 0 Å². The van der Waals surface area contributed by atoms with E-state index in [0.717, 1.165) is 27.8 Å². The molecule has 0 aliphatic carbocycles. The molecule has 0 spiro atoms. The molecule has 0 radical (unpaired) electrons. The van der Waals surface area contributed by atoms with E-state index >= 15 is 0 Å². The highest BCUT2D eigenvalue weighted by Crippen LogP contribution is 2.33. The Kier molecular flexibility index (Phi) is 10.0. The summed E-state index contributed by atoms with van der Waals surface area (Å²) < 4.78 is 40.2. The molecule has 2 fully saturated rings. The van der Waals surface area contributed by atoms with E-state index in [2.05, 4.69) is 4.98 Å². The molecule has 3 N–H and O–H groups in total. The quantitative estimate of drug-likeness (QED) is 0.159. The summed E-state index contributed by atoms with van der Waals surface area (Å²) in [6.07, 6.45) is 3.69. The second kappa shape index (κ2) is 14.4. The Morgan fingerprint density at radius 3 is 2.46 bits per heavy atom. The summed E-state index contributed by atoms with van der Waals surface area (Å²) in [5.41, 5.74) is 7.44. The first-order chi connectivity index (χ1) is 23.2. The summed E-state index contributed by atoms with van der Waals surface area (Å²) in [7, 11) is -4.46. The molecule has 0 bridgehead atoms. The van der Waals surface area contributed by atoms with Crippen molar-refractivity contribution in [2.24, 2.45) is 5.73 Å². The van der Waals surface area contributed by atoms with Gasteiger partial charge >= 0.3 is 6.03 Å². The number of rotatable bonds is 12. The molecule has 1 atom stereocenters. The van der Waals surface area contributed by atoms with Crippen LogP contribution in [0.4, 0.5) is 4.79 Å². The van der Waals surface area contributed by atoms with Crippen LogP contribution in [0.15, 0.2) is 77.8 Å². The minimum atomic E-state index is -4.46. The average Bonchev–Trinajstić information content (AvgIpc) is 3.61. The van der Waals surface area contributed by atoms with Crippen LogP contribution in [0.3, 0.4) is 0 Å². The summed E-state index contributed by atoms with van der Waals surface area (Å²) in [5, 5.41) is 1.12. The number of aromatic amines is 1. The van der Waals surface area contributed by atoms with E-state index in [-0.39, 0.29) is 34.4 Å². The number of hydrogen-bond acceptors (Lipinski definition) is 8. The number of morpholine rings is 1. The molecular weight excluding hydrogens is 658 g/mol. The van der Waals surface area contributed by atoms with E-state index in [4.69, 9.17) is 26.8 Å². The lowest BCUT2D eigenvalue weighted by molar-refractivity contribution is -0.128. The number of hydrogen-bond donors (Lipinski definition) is 2. The largest absolute Gasteiger partial charge is 0.457 e. The molecule has 4 amide bonds. The molecule has 1 aromatic heterocycles. The number of nitrogens with zero attached hydrogens (tertiary/aromatic N) is 3. The number of ether oxygens (including phenoxy) is 2. The first-order valence-corrected chi connectivity index (χ1v) is 17.6. The number of halogens is 1. The number of nitrogens with two attached hydrogens (primary N) is 1. The Morgan fingerprint density at radius 1 is 0.979 bits per heavy atom. The number of benzene rings is 3. The van der Waals surface area contributed by atoms with Gasteiger partial charge in [0.15, 0.2) is 0 Å². The highest BCUT2D eigenvalue weighted by Gasteiger charge is 2.51. The van der Waals surface area contributed by atoms with Crippen molar-refractivity contribution in [3.05, 3.63) is 89.1 Å². The molecule has 2 aliphatic rings. The Balaban J connectivity index is 1.24. The number of sulfonamides is 1. The number of carbonyl (C=O) groups is 3. The Bertz CT molecular complexity index is 1930. The first-order valence-electron chi connectivity index (χ1n) is 15.8. The number of H-pyrrole nitrogens is 1. The fraction of sp³-hybridized carbons (Fsp3) is 0.324. The normalized spacial score (nSPS) is 17.0. The number of fused-ring (bicyclic) bond motifs is 1. The maximum atomic E-state index is 14.1. The van der Waals surface area contributed by atoms with E-state index in [1.165, 1.54) is 30.3 Å². The van der Waals surface area contributed by atoms with Crippen molar-refractivity contribution in [3.8, 4) is 11.5 Å². The van der Waals surface area contributed by atoms with Gasteiger partial charge in [-0.05, 0) is 73.5 Å². The molecule has 14 heteroatoms. The fourth-order valence-corrected chi connectivity index (χ4v) is 7.68. The van der Waals surface area contributed by atoms with Crippen molar-refractivity contribution in [2.75, 3.05) is 39.4 Å². The summed E-state index contributed by atoms with van der Waals surface area (Å²) in [6, 6.07) is 15.6. The minimum absolute atomic E-state index is 0.0103. The van der Waals surface area contributed by atoms with E-state index < -0.39 is 28.0 Å². The van der Waals surface area contributed by atoms with Crippen LogP contribution in [0.1, 0.15) is 35.2 Å². The van der Waals surface area contributed by atoms with E-state index in [1.807, 2.05) is 24.3 Å². The van der Waals surface area contributed by atoms with Crippen molar-refractivity contribution < 1.29 is 32.3 Å². The number of aromatic nitrogens is 1. The number of carbonyl (C=O) groups excluding carboxylic acids is 3. The smallest absolute Gasteiger partial charge is 0.341 e. The van der Waals surface area contributed by atoms with Gasteiger partial charge in [-0.2, -0.15) is 0 Å². The third-order valence-electron chi connectivity index (χ3n) is 8.51. The predicted molar refractivity (Wildman–Crippen MR) is 180 cm³/mol. The Labute approximate surface area is 283 Å². The molecule has 2 aliphatic heterocycles. The van der Waals surface area contributed by atoms with E-state index in [9.17, 15) is 22.8 Å². The second-order valence-electron chi connectivity index (χ2n) is 11.6. The molecule has 48 heavy (non-hydrogen) atoms. The van der Waals surface area contributed by atoms with Crippen LogP contribution in [0.25, 0.3) is 10.9 Å². The van der Waals surface area contributed by atoms with Gasteiger partial charge in [-0.25, -0.2) is 17.5 Å². The zero-order chi connectivity index (χ0) is 33.8. The number of urea groups is 1. The molecule has 0 saturated carbocycles. The highest BCUT2D eigenvalue weighted by atomic mass is 35.5. The topological polar surface area (TPSA) is 155 Å². The third-order valence-corrected chi connectivity index (χ3v) is 10.6. The summed E-state index contributed by atoms with van der Waals surface area (Å²) in [5.74, 6) is -0.180. The Hall–Kier alpha value is -4.43. The van der Waals surface area contributed by atoms with E-state index in [0.29, 0.717) is 61.5 Å². The van der Waals surface area contributed by atoms with Crippen LogP contribution in [-0.2, 0) is 26.0 Å². The SMILES string of the molecule is NCCCCCN1C(=O)C(Cc2c[nH]c3ccccc23)N(S(=O)(=O)c2ccc(Oc3ccc(Cl)c(C(=O)N4CCOCC4)c3)cc2)C1=O. The van der Waals surface area contributed by atoms with Crippen LogP contribution >= 0.6 is 11.6 Å². The van der Waals surface area contributed by atoms with Crippen molar-refractivity contribution in [1.29, 1.82) is 0 Å². The van der Waals surface area contributed by atoms with Gasteiger partial charge in [0.1, 0.15) is 17.5 Å². The molecule has 252 valence electrons. The van der Waals surface area contributed by atoms with Gasteiger partial charge in [-0.15, -0.1) is 0 Å². The van der Waals surface area contributed by atoms with Gasteiger partial charge in [0.05, 0.1) is 28.7 Å². The van der Waals surface area contributed by atoms with Gasteiger partial charge in [0.25, 0.3) is 21.8 Å². The first kappa shape index (κ1) is 33.5. The Morgan fingerprint density at radius 2 is 1.71 bits per heavy atom. The van der Waals surface area contributed by atoms with Crippen molar-refractivity contribution >= 4 is 50.4 Å². The standard InChI is InChI=1S/C34H36ClN5O7S/c35-29-13-10-25(21-28(29)32(41)38-16-18-46-19-17-38)47-24-8-11-26(12-9-24)48(44,45)40-31(20-23-22-37-30-7-3-2-6-27(23)30)33(42)39(34(40)43)15-5-1-4-14-36/h2-3,6-13,21-22,31,37H,1,4-5,14-20,36H2. The number of nitrogens with one attached hydrogen (secondary N) is 1. The molecule has 3 aromatic carbocycles. The van der Waals surface area contributed by atoms with Crippen molar-refractivity contribution in [2.45, 2.75) is 36.6 Å².